The topological polar surface area (TPSA) is 82.2 Å². The predicted molar refractivity (Wildman–Crippen MR) is 114 cm³/mol. The summed E-state index contributed by atoms with van der Waals surface area (Å²) in [7, 11) is 3.53. The van der Waals surface area contributed by atoms with E-state index < -0.39 is 6.04 Å². The third-order valence-corrected chi connectivity index (χ3v) is 5.68. The lowest BCUT2D eigenvalue weighted by molar-refractivity contribution is -0.121. The molecule has 0 saturated carbocycles. The second-order valence-corrected chi connectivity index (χ2v) is 7.79. The molecule has 3 aromatic heterocycles. The van der Waals surface area contributed by atoms with Crippen molar-refractivity contribution in [2.24, 2.45) is 7.05 Å². The standard InChI is InChI=1S/C22H22N4O3S/c1-14-17(24-22(29-14)18-5-4-12-30-18)13-19(27)25-20(21-23-10-11-26(21)2)15-6-8-16(28-3)9-7-15/h4-12,20H,13H2,1-3H3,(H,25,27). The van der Waals surface area contributed by atoms with Crippen LogP contribution < -0.4 is 10.1 Å². The number of oxazole rings is 1. The number of aryl methyl sites for hydroxylation is 2. The Hall–Kier alpha value is -3.39. The highest BCUT2D eigenvalue weighted by atomic mass is 32.1. The van der Waals surface area contributed by atoms with Gasteiger partial charge in [-0.05, 0) is 36.1 Å². The van der Waals surface area contributed by atoms with E-state index in [-0.39, 0.29) is 12.3 Å². The Morgan fingerprint density at radius 3 is 2.73 bits per heavy atom. The van der Waals surface area contributed by atoms with Gasteiger partial charge in [-0.1, -0.05) is 18.2 Å². The molecule has 1 atom stereocenters. The van der Waals surface area contributed by atoms with Crippen molar-refractivity contribution in [3.8, 4) is 16.5 Å². The van der Waals surface area contributed by atoms with E-state index in [0.29, 0.717) is 17.3 Å². The van der Waals surface area contributed by atoms with Crippen LogP contribution >= 0.6 is 11.3 Å². The first-order valence-electron chi connectivity index (χ1n) is 9.46. The van der Waals surface area contributed by atoms with Crippen molar-refractivity contribution in [2.75, 3.05) is 7.11 Å². The molecule has 4 aromatic rings. The maximum absolute atomic E-state index is 12.9. The second-order valence-electron chi connectivity index (χ2n) is 6.85. The van der Waals surface area contributed by atoms with E-state index in [1.165, 1.54) is 0 Å². The number of aromatic nitrogens is 3. The number of carbonyl (C=O) groups excluding carboxylic acids is 1. The van der Waals surface area contributed by atoms with Crippen LogP contribution in [0.5, 0.6) is 5.75 Å². The molecule has 1 N–H and O–H groups in total. The molecule has 154 valence electrons. The lowest BCUT2D eigenvalue weighted by Crippen LogP contribution is -2.32. The molecule has 3 heterocycles. The van der Waals surface area contributed by atoms with Crippen molar-refractivity contribution in [3.63, 3.8) is 0 Å². The van der Waals surface area contributed by atoms with Crippen LogP contribution in [0.3, 0.4) is 0 Å². The van der Waals surface area contributed by atoms with Crippen LogP contribution in [-0.2, 0) is 18.3 Å². The van der Waals surface area contributed by atoms with Crippen LogP contribution in [0.2, 0.25) is 0 Å². The average molecular weight is 423 g/mol. The maximum Gasteiger partial charge on any atom is 0.236 e. The molecule has 0 aliphatic heterocycles. The summed E-state index contributed by atoms with van der Waals surface area (Å²) in [6.45, 7) is 1.83. The zero-order chi connectivity index (χ0) is 21.1. The first-order chi connectivity index (χ1) is 14.5. The molecule has 1 amide bonds. The van der Waals surface area contributed by atoms with Crippen molar-refractivity contribution in [1.29, 1.82) is 0 Å². The van der Waals surface area contributed by atoms with Crippen LogP contribution in [0.15, 0.2) is 58.6 Å². The molecule has 8 heteroatoms. The van der Waals surface area contributed by atoms with Gasteiger partial charge in [0.1, 0.15) is 23.4 Å². The highest BCUT2D eigenvalue weighted by molar-refractivity contribution is 7.13. The smallest absolute Gasteiger partial charge is 0.236 e. The summed E-state index contributed by atoms with van der Waals surface area (Å²) in [6, 6.07) is 11.1. The fraction of sp³-hybridized carbons (Fsp3) is 0.227. The fourth-order valence-corrected chi connectivity index (χ4v) is 3.86. The van der Waals surface area contributed by atoms with Crippen molar-refractivity contribution >= 4 is 17.2 Å². The summed E-state index contributed by atoms with van der Waals surface area (Å²) in [5, 5.41) is 5.06. The molecule has 0 aliphatic rings. The minimum atomic E-state index is -0.396. The number of methoxy groups -OCH3 is 1. The van der Waals surface area contributed by atoms with Gasteiger partial charge >= 0.3 is 0 Å². The number of hydrogen-bond donors (Lipinski definition) is 1. The SMILES string of the molecule is COc1ccc(C(NC(=O)Cc2nc(-c3cccs3)oc2C)c2nccn2C)cc1. The van der Waals surface area contributed by atoms with Gasteiger partial charge in [0.25, 0.3) is 0 Å². The molecule has 1 aromatic carbocycles. The summed E-state index contributed by atoms with van der Waals surface area (Å²) < 4.78 is 12.9. The van der Waals surface area contributed by atoms with Gasteiger partial charge in [0.2, 0.25) is 11.8 Å². The molecule has 7 nitrogen and oxygen atoms in total. The molecule has 0 fully saturated rings. The minimum Gasteiger partial charge on any atom is -0.497 e. The van der Waals surface area contributed by atoms with E-state index in [1.807, 2.05) is 66.5 Å². The highest BCUT2D eigenvalue weighted by Gasteiger charge is 2.22. The van der Waals surface area contributed by atoms with E-state index in [2.05, 4.69) is 15.3 Å². The van der Waals surface area contributed by atoms with Gasteiger partial charge in [0, 0.05) is 19.4 Å². The molecule has 0 aliphatic carbocycles. The lowest BCUT2D eigenvalue weighted by atomic mass is 10.1. The second kappa shape index (κ2) is 8.54. The van der Waals surface area contributed by atoms with Crippen LogP contribution in [0, 0.1) is 6.92 Å². The Labute approximate surface area is 178 Å². The van der Waals surface area contributed by atoms with Crippen molar-refractivity contribution in [2.45, 2.75) is 19.4 Å². The van der Waals surface area contributed by atoms with Crippen molar-refractivity contribution in [3.05, 3.63) is 77.0 Å². The van der Waals surface area contributed by atoms with Gasteiger partial charge in [0.15, 0.2) is 0 Å². The number of carbonyl (C=O) groups is 1. The van der Waals surface area contributed by atoms with Crippen LogP contribution in [0.4, 0.5) is 0 Å². The van der Waals surface area contributed by atoms with E-state index in [1.54, 1.807) is 24.6 Å². The van der Waals surface area contributed by atoms with E-state index in [0.717, 1.165) is 22.0 Å². The van der Waals surface area contributed by atoms with Crippen molar-refractivity contribution < 1.29 is 13.9 Å². The Morgan fingerprint density at radius 2 is 2.10 bits per heavy atom. The normalized spacial score (nSPS) is 12.0. The largest absolute Gasteiger partial charge is 0.497 e. The van der Waals surface area contributed by atoms with Gasteiger partial charge in [0.05, 0.1) is 24.1 Å². The lowest BCUT2D eigenvalue weighted by Gasteiger charge is -2.19. The Morgan fingerprint density at radius 1 is 1.30 bits per heavy atom. The summed E-state index contributed by atoms with van der Waals surface area (Å²) >= 11 is 1.55. The quantitative estimate of drug-likeness (QED) is 0.488. The number of benzene rings is 1. The monoisotopic (exact) mass is 422 g/mol. The summed E-state index contributed by atoms with van der Waals surface area (Å²) in [6.07, 6.45) is 3.69. The highest BCUT2D eigenvalue weighted by Crippen LogP contribution is 2.27. The molecule has 0 spiro atoms. The summed E-state index contributed by atoms with van der Waals surface area (Å²) in [5.41, 5.74) is 1.54. The third-order valence-electron chi connectivity index (χ3n) is 4.82. The number of imidazole rings is 1. The van der Waals surface area contributed by atoms with Crippen LogP contribution in [-0.4, -0.2) is 27.6 Å². The molecule has 4 rings (SSSR count). The molecule has 0 bridgehead atoms. The number of hydrogen-bond acceptors (Lipinski definition) is 6. The number of thiophene rings is 1. The summed E-state index contributed by atoms with van der Waals surface area (Å²) in [4.78, 5) is 22.8. The molecular weight excluding hydrogens is 400 g/mol. The molecular formula is C22H22N4O3S. The van der Waals surface area contributed by atoms with Gasteiger partial charge in [-0.25, -0.2) is 9.97 Å². The molecule has 30 heavy (non-hydrogen) atoms. The number of rotatable bonds is 7. The first kappa shape index (κ1) is 19.9. The molecule has 0 saturated heterocycles. The fourth-order valence-electron chi connectivity index (χ4n) is 3.21. The van der Waals surface area contributed by atoms with E-state index in [4.69, 9.17) is 9.15 Å². The Balaban J connectivity index is 1.56. The van der Waals surface area contributed by atoms with E-state index in [9.17, 15) is 4.79 Å². The number of amides is 1. The third kappa shape index (κ3) is 4.13. The summed E-state index contributed by atoms with van der Waals surface area (Å²) in [5.74, 6) is 2.52. The van der Waals surface area contributed by atoms with Crippen LogP contribution in [0.25, 0.3) is 10.8 Å². The Kier molecular flexibility index (Phi) is 5.67. The van der Waals surface area contributed by atoms with Gasteiger partial charge < -0.3 is 19.0 Å². The number of nitrogens with one attached hydrogen (secondary N) is 1. The minimum absolute atomic E-state index is 0.123. The zero-order valence-electron chi connectivity index (χ0n) is 17.0. The first-order valence-corrected chi connectivity index (χ1v) is 10.3. The van der Waals surface area contributed by atoms with Gasteiger partial charge in [-0.3, -0.25) is 4.79 Å². The average Bonchev–Trinajstić information content (AvgIpc) is 3.49. The van der Waals surface area contributed by atoms with Gasteiger partial charge in [-0.15, -0.1) is 11.3 Å². The predicted octanol–water partition coefficient (Wildman–Crippen LogP) is 3.90. The maximum atomic E-state index is 12.9. The number of ether oxygens (including phenoxy) is 1. The molecule has 1 unspecified atom stereocenters. The molecule has 0 radical (unpaired) electrons. The van der Waals surface area contributed by atoms with Crippen molar-refractivity contribution in [1.82, 2.24) is 19.9 Å². The van der Waals surface area contributed by atoms with Crippen LogP contribution in [0.1, 0.15) is 28.9 Å². The van der Waals surface area contributed by atoms with Gasteiger partial charge in [-0.2, -0.15) is 0 Å². The van der Waals surface area contributed by atoms with E-state index >= 15 is 0 Å². The zero-order valence-corrected chi connectivity index (χ0v) is 17.8. The number of nitrogens with zero attached hydrogens (tertiary/aromatic N) is 3. The Bertz CT molecular complexity index is 1130.